The van der Waals surface area contributed by atoms with E-state index in [0.717, 1.165) is 5.56 Å². The molecule has 3 atom stereocenters. The van der Waals surface area contributed by atoms with Gasteiger partial charge in [-0.15, -0.1) is 0 Å². The van der Waals surface area contributed by atoms with Gasteiger partial charge in [-0.2, -0.15) is 0 Å². The molecule has 1 aliphatic heterocycles. The van der Waals surface area contributed by atoms with Crippen molar-refractivity contribution in [3.05, 3.63) is 35.9 Å². The molecule has 0 unspecified atom stereocenters. The molecule has 0 spiro atoms. The zero-order valence-electron chi connectivity index (χ0n) is 13.3. The Morgan fingerprint density at radius 2 is 1.95 bits per heavy atom. The Labute approximate surface area is 131 Å². The number of hydrogen-bond donors (Lipinski definition) is 2. The van der Waals surface area contributed by atoms with Crippen molar-refractivity contribution in [2.45, 2.75) is 57.4 Å². The first kappa shape index (κ1) is 17.4. The number of ether oxygens (including phenoxy) is 3. The Hall–Kier alpha value is -0.980. The lowest BCUT2D eigenvalue weighted by molar-refractivity contribution is -0.158. The van der Waals surface area contributed by atoms with Gasteiger partial charge in [-0.3, -0.25) is 0 Å². The van der Waals surface area contributed by atoms with E-state index in [1.165, 1.54) is 0 Å². The van der Waals surface area contributed by atoms with Crippen molar-refractivity contribution < 1.29 is 24.4 Å². The van der Waals surface area contributed by atoms with Crippen LogP contribution in [-0.2, 0) is 20.8 Å². The fourth-order valence-electron chi connectivity index (χ4n) is 2.65. The summed E-state index contributed by atoms with van der Waals surface area (Å²) in [5.74, 6) is -0.731. The summed E-state index contributed by atoms with van der Waals surface area (Å²) in [4.78, 5) is 0. The SMILES string of the molecule is CC1(C)O[C@@H]([C@H](O)CCCO)[C@@H](COCc2ccccc2)O1. The van der Waals surface area contributed by atoms with Crippen LogP contribution < -0.4 is 0 Å². The molecule has 0 aromatic heterocycles. The van der Waals surface area contributed by atoms with E-state index in [4.69, 9.17) is 19.3 Å². The Morgan fingerprint density at radius 1 is 1.23 bits per heavy atom. The molecule has 1 aliphatic rings. The second-order valence-corrected chi connectivity index (χ2v) is 6.07. The maximum atomic E-state index is 10.2. The standard InChI is InChI=1S/C17H26O5/c1-17(2)21-15(16(22-17)14(19)9-6-10-18)12-20-11-13-7-4-3-5-8-13/h3-5,7-8,14-16,18-19H,6,9-12H2,1-2H3/t14-,15-,16+/m1/s1. The average molecular weight is 310 g/mol. The van der Waals surface area contributed by atoms with E-state index < -0.39 is 18.0 Å². The van der Waals surface area contributed by atoms with E-state index in [0.29, 0.717) is 26.1 Å². The largest absolute Gasteiger partial charge is 0.396 e. The molecule has 2 rings (SSSR count). The lowest BCUT2D eigenvalue weighted by Gasteiger charge is -2.22. The van der Waals surface area contributed by atoms with Gasteiger partial charge in [-0.25, -0.2) is 0 Å². The van der Waals surface area contributed by atoms with Gasteiger partial charge in [-0.1, -0.05) is 30.3 Å². The topological polar surface area (TPSA) is 68.2 Å². The van der Waals surface area contributed by atoms with Gasteiger partial charge in [-0.05, 0) is 32.3 Å². The average Bonchev–Trinajstić information content (AvgIpc) is 2.81. The highest BCUT2D eigenvalue weighted by molar-refractivity contribution is 5.13. The minimum absolute atomic E-state index is 0.0587. The number of hydrogen-bond acceptors (Lipinski definition) is 5. The summed E-state index contributed by atoms with van der Waals surface area (Å²) < 4.78 is 17.3. The minimum Gasteiger partial charge on any atom is -0.396 e. The summed E-state index contributed by atoms with van der Waals surface area (Å²) in [5, 5.41) is 19.1. The molecule has 2 N–H and O–H groups in total. The molecule has 1 saturated heterocycles. The smallest absolute Gasteiger partial charge is 0.164 e. The Morgan fingerprint density at radius 3 is 2.64 bits per heavy atom. The van der Waals surface area contributed by atoms with E-state index >= 15 is 0 Å². The van der Waals surface area contributed by atoms with Crippen LogP contribution in [-0.4, -0.2) is 47.5 Å². The van der Waals surface area contributed by atoms with Crippen LogP contribution >= 0.6 is 0 Å². The second-order valence-electron chi connectivity index (χ2n) is 6.07. The van der Waals surface area contributed by atoms with Gasteiger partial charge in [0.05, 0.1) is 19.3 Å². The van der Waals surface area contributed by atoms with Gasteiger partial charge < -0.3 is 24.4 Å². The highest BCUT2D eigenvalue weighted by Gasteiger charge is 2.44. The predicted octanol–water partition coefficient (Wildman–Crippen LogP) is 1.86. The zero-order chi connectivity index (χ0) is 16.0. The fraction of sp³-hybridized carbons (Fsp3) is 0.647. The molecule has 0 bridgehead atoms. The van der Waals surface area contributed by atoms with E-state index in [1.807, 2.05) is 44.2 Å². The summed E-state index contributed by atoms with van der Waals surface area (Å²) >= 11 is 0. The molecule has 0 radical (unpaired) electrons. The van der Waals surface area contributed by atoms with Crippen LogP contribution in [0, 0.1) is 0 Å². The van der Waals surface area contributed by atoms with Gasteiger partial charge >= 0.3 is 0 Å². The first-order chi connectivity index (χ1) is 10.5. The van der Waals surface area contributed by atoms with Crippen LogP contribution in [0.5, 0.6) is 0 Å². The summed E-state index contributed by atoms with van der Waals surface area (Å²) in [5.41, 5.74) is 1.10. The zero-order valence-corrected chi connectivity index (χ0v) is 13.3. The van der Waals surface area contributed by atoms with Crippen LogP contribution in [0.1, 0.15) is 32.3 Å². The molecule has 1 heterocycles. The second kappa shape index (κ2) is 8.04. The molecular formula is C17H26O5. The van der Waals surface area contributed by atoms with Crippen molar-refractivity contribution in [3.8, 4) is 0 Å². The van der Waals surface area contributed by atoms with Gasteiger partial charge in [0.1, 0.15) is 12.2 Å². The molecular weight excluding hydrogens is 284 g/mol. The van der Waals surface area contributed by atoms with Gasteiger partial charge in [0.15, 0.2) is 5.79 Å². The molecule has 124 valence electrons. The fourth-order valence-corrected chi connectivity index (χ4v) is 2.65. The van der Waals surface area contributed by atoms with Crippen molar-refractivity contribution in [1.82, 2.24) is 0 Å². The highest BCUT2D eigenvalue weighted by Crippen LogP contribution is 2.31. The first-order valence-electron chi connectivity index (χ1n) is 7.78. The maximum absolute atomic E-state index is 10.2. The monoisotopic (exact) mass is 310 g/mol. The molecule has 1 fully saturated rings. The third-order valence-electron chi connectivity index (χ3n) is 3.65. The van der Waals surface area contributed by atoms with Crippen molar-refractivity contribution in [2.75, 3.05) is 13.2 Å². The van der Waals surface area contributed by atoms with Crippen LogP contribution in [0.25, 0.3) is 0 Å². The summed E-state index contributed by atoms with van der Waals surface area (Å²) in [6.07, 6.45) is -0.390. The van der Waals surface area contributed by atoms with Crippen LogP contribution in [0.15, 0.2) is 30.3 Å². The van der Waals surface area contributed by atoms with Crippen LogP contribution in [0.2, 0.25) is 0 Å². The Balaban J connectivity index is 1.86. The molecule has 1 aromatic rings. The van der Waals surface area contributed by atoms with Crippen molar-refractivity contribution in [1.29, 1.82) is 0 Å². The molecule has 5 heteroatoms. The molecule has 22 heavy (non-hydrogen) atoms. The normalized spacial score (nSPS) is 25.3. The van der Waals surface area contributed by atoms with Crippen LogP contribution in [0.4, 0.5) is 0 Å². The number of benzene rings is 1. The minimum atomic E-state index is -0.731. The molecule has 0 aliphatic carbocycles. The van der Waals surface area contributed by atoms with Crippen molar-refractivity contribution in [2.24, 2.45) is 0 Å². The maximum Gasteiger partial charge on any atom is 0.164 e. The van der Waals surface area contributed by atoms with Gasteiger partial charge in [0.25, 0.3) is 0 Å². The molecule has 1 aromatic carbocycles. The Kier molecular flexibility index (Phi) is 6.35. The van der Waals surface area contributed by atoms with E-state index in [1.54, 1.807) is 0 Å². The van der Waals surface area contributed by atoms with Crippen molar-refractivity contribution in [3.63, 3.8) is 0 Å². The third kappa shape index (κ3) is 5.04. The Bertz CT molecular complexity index is 434. The number of rotatable bonds is 8. The third-order valence-corrected chi connectivity index (χ3v) is 3.65. The summed E-state index contributed by atoms with van der Waals surface area (Å²) in [7, 11) is 0. The lowest BCUT2D eigenvalue weighted by Crippen LogP contribution is -2.38. The van der Waals surface area contributed by atoms with Crippen molar-refractivity contribution >= 4 is 0 Å². The summed E-state index contributed by atoms with van der Waals surface area (Å²) in [6, 6.07) is 9.91. The lowest BCUT2D eigenvalue weighted by atomic mass is 10.0. The number of aliphatic hydroxyl groups is 2. The molecule has 0 saturated carbocycles. The first-order valence-corrected chi connectivity index (χ1v) is 7.78. The molecule has 5 nitrogen and oxygen atoms in total. The van der Waals surface area contributed by atoms with Crippen LogP contribution in [0.3, 0.4) is 0 Å². The van der Waals surface area contributed by atoms with E-state index in [-0.39, 0.29) is 12.7 Å². The number of aliphatic hydroxyl groups excluding tert-OH is 2. The van der Waals surface area contributed by atoms with Gasteiger partial charge in [0, 0.05) is 6.61 Å². The summed E-state index contributed by atoms with van der Waals surface area (Å²) in [6.45, 7) is 4.58. The quantitative estimate of drug-likeness (QED) is 0.767. The van der Waals surface area contributed by atoms with E-state index in [9.17, 15) is 5.11 Å². The highest BCUT2D eigenvalue weighted by atomic mass is 16.8. The van der Waals surface area contributed by atoms with E-state index in [2.05, 4.69) is 0 Å². The predicted molar refractivity (Wildman–Crippen MR) is 82.2 cm³/mol. The molecule has 0 amide bonds. The van der Waals surface area contributed by atoms with Gasteiger partial charge in [0.2, 0.25) is 0 Å².